The molecule has 6 heteroatoms. The van der Waals surface area contributed by atoms with Crippen LogP contribution in [0.5, 0.6) is 5.75 Å². The van der Waals surface area contributed by atoms with Gasteiger partial charge in [0, 0.05) is 27.4 Å². The number of hydrogen-bond acceptors (Lipinski definition) is 5. The molecule has 2 aromatic heterocycles. The van der Waals surface area contributed by atoms with E-state index in [0.717, 1.165) is 26.8 Å². The molecule has 2 heterocycles. The second kappa shape index (κ2) is 8.44. The molecule has 0 aliphatic heterocycles. The van der Waals surface area contributed by atoms with Crippen molar-refractivity contribution in [1.82, 2.24) is 4.98 Å². The highest BCUT2D eigenvalue weighted by Gasteiger charge is 2.23. The molecule has 1 aromatic carbocycles. The van der Waals surface area contributed by atoms with Crippen molar-refractivity contribution in [3.63, 3.8) is 0 Å². The SMILES string of the molecule is CCOC(=O)c1[nH]c(Cc2ccc(-c3ccc(OC)cc3)s2)c(C(C)=O)c1C. The Kier molecular flexibility index (Phi) is 5.99. The van der Waals surface area contributed by atoms with Crippen LogP contribution in [0.25, 0.3) is 10.4 Å². The maximum atomic E-state index is 12.2. The molecule has 0 radical (unpaired) electrons. The van der Waals surface area contributed by atoms with Crippen molar-refractivity contribution in [2.75, 3.05) is 13.7 Å². The highest BCUT2D eigenvalue weighted by molar-refractivity contribution is 7.15. The fourth-order valence-corrected chi connectivity index (χ4v) is 4.26. The van der Waals surface area contributed by atoms with Crippen LogP contribution in [0.4, 0.5) is 0 Å². The molecule has 3 aromatic rings. The summed E-state index contributed by atoms with van der Waals surface area (Å²) in [6.07, 6.45) is 0.552. The lowest BCUT2D eigenvalue weighted by atomic mass is 10.0. The van der Waals surface area contributed by atoms with Gasteiger partial charge in [0.25, 0.3) is 0 Å². The lowest BCUT2D eigenvalue weighted by Crippen LogP contribution is -2.07. The molecule has 146 valence electrons. The van der Waals surface area contributed by atoms with Gasteiger partial charge in [-0.15, -0.1) is 11.3 Å². The van der Waals surface area contributed by atoms with Crippen molar-refractivity contribution in [2.24, 2.45) is 0 Å². The molecule has 5 nitrogen and oxygen atoms in total. The molecule has 3 rings (SSSR count). The van der Waals surface area contributed by atoms with E-state index in [2.05, 4.69) is 11.1 Å². The Balaban J connectivity index is 1.89. The summed E-state index contributed by atoms with van der Waals surface area (Å²) in [6.45, 7) is 5.35. The van der Waals surface area contributed by atoms with Crippen LogP contribution in [0.15, 0.2) is 36.4 Å². The zero-order valence-corrected chi connectivity index (χ0v) is 17.2. The largest absolute Gasteiger partial charge is 0.497 e. The second-order valence-electron chi connectivity index (χ2n) is 6.43. The molecule has 0 unspecified atom stereocenters. The van der Waals surface area contributed by atoms with Crippen LogP contribution >= 0.6 is 11.3 Å². The average molecular weight is 397 g/mol. The highest BCUT2D eigenvalue weighted by atomic mass is 32.1. The van der Waals surface area contributed by atoms with Crippen LogP contribution < -0.4 is 4.74 Å². The van der Waals surface area contributed by atoms with Gasteiger partial charge in [-0.05, 0) is 68.3 Å². The van der Waals surface area contributed by atoms with Crippen molar-refractivity contribution in [1.29, 1.82) is 0 Å². The standard InChI is InChI=1S/C22H23NO4S/c1-5-27-22(25)21-13(2)20(14(3)24)18(23-21)12-17-10-11-19(28-17)15-6-8-16(26-4)9-7-15/h6-11,23H,5,12H2,1-4H3. The molecule has 0 atom stereocenters. The van der Waals surface area contributed by atoms with Gasteiger partial charge in [0.05, 0.1) is 13.7 Å². The Morgan fingerprint density at radius 2 is 1.82 bits per heavy atom. The smallest absolute Gasteiger partial charge is 0.355 e. The van der Waals surface area contributed by atoms with Crippen molar-refractivity contribution >= 4 is 23.1 Å². The van der Waals surface area contributed by atoms with Crippen LogP contribution in [0.1, 0.15) is 50.8 Å². The molecule has 0 aliphatic carbocycles. The highest BCUT2D eigenvalue weighted by Crippen LogP contribution is 2.32. The molecule has 0 amide bonds. The summed E-state index contributed by atoms with van der Waals surface area (Å²) in [6, 6.07) is 12.0. The molecule has 0 saturated carbocycles. The van der Waals surface area contributed by atoms with Crippen molar-refractivity contribution < 1.29 is 19.1 Å². The molecule has 0 bridgehead atoms. The number of carbonyl (C=O) groups excluding carboxylic acids is 2. The molecule has 0 saturated heterocycles. The van der Waals surface area contributed by atoms with Gasteiger partial charge in [-0.2, -0.15) is 0 Å². The van der Waals surface area contributed by atoms with E-state index in [4.69, 9.17) is 9.47 Å². The normalized spacial score (nSPS) is 10.7. The van der Waals surface area contributed by atoms with Crippen molar-refractivity contribution in [3.8, 4) is 16.2 Å². The topological polar surface area (TPSA) is 68.4 Å². The average Bonchev–Trinajstić information content (AvgIpc) is 3.27. The van der Waals surface area contributed by atoms with Crippen molar-refractivity contribution in [2.45, 2.75) is 27.2 Å². The fraction of sp³-hybridized carbons (Fsp3) is 0.273. The van der Waals surface area contributed by atoms with Gasteiger partial charge in [0.2, 0.25) is 0 Å². The number of nitrogens with one attached hydrogen (secondary N) is 1. The summed E-state index contributed by atoms with van der Waals surface area (Å²) in [7, 11) is 1.65. The first-order chi connectivity index (χ1) is 13.4. The lowest BCUT2D eigenvalue weighted by Gasteiger charge is -2.02. The van der Waals surface area contributed by atoms with Crippen LogP contribution in [0, 0.1) is 6.92 Å². The molecular weight excluding hydrogens is 374 g/mol. The first kappa shape index (κ1) is 19.9. The molecule has 0 fully saturated rings. The summed E-state index contributed by atoms with van der Waals surface area (Å²) in [5.74, 6) is 0.324. The molecule has 0 aliphatic rings. The van der Waals surface area contributed by atoms with E-state index in [1.807, 2.05) is 30.3 Å². The monoisotopic (exact) mass is 397 g/mol. The van der Waals surface area contributed by atoms with E-state index in [0.29, 0.717) is 23.2 Å². The minimum absolute atomic E-state index is 0.0637. The number of rotatable bonds is 7. The number of benzene rings is 1. The van der Waals surface area contributed by atoms with Gasteiger partial charge in [-0.1, -0.05) is 0 Å². The third kappa shape index (κ3) is 4.02. The second-order valence-corrected chi connectivity index (χ2v) is 7.59. The third-order valence-electron chi connectivity index (χ3n) is 4.55. The number of methoxy groups -OCH3 is 1. The Labute approximate surface area is 168 Å². The van der Waals surface area contributed by atoms with Gasteiger partial charge in [0.1, 0.15) is 11.4 Å². The molecular formula is C22H23NO4S. The Morgan fingerprint density at radius 3 is 2.43 bits per heavy atom. The van der Waals surface area contributed by atoms with Crippen LogP contribution in [-0.2, 0) is 11.2 Å². The predicted molar refractivity (Wildman–Crippen MR) is 111 cm³/mol. The third-order valence-corrected chi connectivity index (χ3v) is 5.68. The number of ether oxygens (including phenoxy) is 2. The van der Waals surface area contributed by atoms with E-state index in [1.165, 1.54) is 6.92 Å². The Bertz CT molecular complexity index is 998. The van der Waals surface area contributed by atoms with Crippen LogP contribution in [0.2, 0.25) is 0 Å². The predicted octanol–water partition coefficient (Wildman–Crippen LogP) is 5.03. The summed E-state index contributed by atoms with van der Waals surface area (Å²) in [5, 5.41) is 0. The summed E-state index contributed by atoms with van der Waals surface area (Å²) >= 11 is 1.66. The summed E-state index contributed by atoms with van der Waals surface area (Å²) in [4.78, 5) is 29.7. The van der Waals surface area contributed by atoms with E-state index < -0.39 is 5.97 Å². The number of esters is 1. The first-order valence-corrected chi connectivity index (χ1v) is 9.88. The lowest BCUT2D eigenvalue weighted by molar-refractivity contribution is 0.0519. The zero-order valence-electron chi connectivity index (χ0n) is 16.4. The zero-order chi connectivity index (χ0) is 20.3. The summed E-state index contributed by atoms with van der Waals surface area (Å²) < 4.78 is 10.3. The minimum Gasteiger partial charge on any atom is -0.497 e. The fourth-order valence-electron chi connectivity index (χ4n) is 3.23. The number of carbonyl (C=O) groups is 2. The van der Waals surface area contributed by atoms with E-state index in [9.17, 15) is 9.59 Å². The van der Waals surface area contributed by atoms with Gasteiger partial charge in [0.15, 0.2) is 5.78 Å². The summed E-state index contributed by atoms with van der Waals surface area (Å²) in [5.41, 5.74) is 3.43. The van der Waals surface area contributed by atoms with Crippen molar-refractivity contribution in [3.05, 3.63) is 63.8 Å². The first-order valence-electron chi connectivity index (χ1n) is 9.07. The van der Waals surface area contributed by atoms with Gasteiger partial charge >= 0.3 is 5.97 Å². The number of aromatic nitrogens is 1. The van der Waals surface area contributed by atoms with Crippen LogP contribution in [-0.4, -0.2) is 30.5 Å². The number of thiophene rings is 1. The Morgan fingerprint density at radius 1 is 1.11 bits per heavy atom. The van der Waals surface area contributed by atoms with Gasteiger partial charge in [-0.25, -0.2) is 4.79 Å². The van der Waals surface area contributed by atoms with Crippen LogP contribution in [0.3, 0.4) is 0 Å². The molecule has 28 heavy (non-hydrogen) atoms. The minimum atomic E-state index is -0.432. The molecule has 0 spiro atoms. The van der Waals surface area contributed by atoms with Gasteiger partial charge in [-0.3, -0.25) is 4.79 Å². The van der Waals surface area contributed by atoms with E-state index >= 15 is 0 Å². The van der Waals surface area contributed by atoms with E-state index in [1.54, 1.807) is 32.3 Å². The molecule has 1 N–H and O–H groups in total. The Hall–Kier alpha value is -2.86. The number of hydrogen-bond donors (Lipinski definition) is 1. The number of ketones is 1. The maximum Gasteiger partial charge on any atom is 0.355 e. The number of Topliss-reactive ketones (excluding diaryl/α,β-unsaturated/α-hetero) is 1. The quantitative estimate of drug-likeness (QED) is 0.448. The number of H-pyrrole nitrogens is 1. The van der Waals surface area contributed by atoms with E-state index in [-0.39, 0.29) is 12.4 Å². The van der Waals surface area contributed by atoms with Gasteiger partial charge < -0.3 is 14.5 Å². The number of aromatic amines is 1. The maximum absolute atomic E-state index is 12.2.